The summed E-state index contributed by atoms with van der Waals surface area (Å²) in [6, 6.07) is 4.44. The molecule has 0 radical (unpaired) electrons. The van der Waals surface area contributed by atoms with Gasteiger partial charge in [-0.05, 0) is 18.2 Å². The van der Waals surface area contributed by atoms with Crippen LogP contribution in [-0.4, -0.2) is 78.7 Å². The largest absolute Gasteiger partial charge is 0.370 e. The van der Waals surface area contributed by atoms with Crippen LogP contribution in [0.4, 0.5) is 5.69 Å². The van der Waals surface area contributed by atoms with Crippen LogP contribution in [0.15, 0.2) is 23.1 Å². The van der Waals surface area contributed by atoms with E-state index in [9.17, 15) is 13.2 Å². The summed E-state index contributed by atoms with van der Waals surface area (Å²) in [5.74, 6) is -0.183. The van der Waals surface area contributed by atoms with Gasteiger partial charge in [-0.3, -0.25) is 4.79 Å². The molecule has 1 aliphatic heterocycles. The maximum absolute atomic E-state index is 12.3. The number of carbonyl (C=O) groups excluding carboxylic acids is 1. The van der Waals surface area contributed by atoms with Gasteiger partial charge in [-0.15, -0.1) is 0 Å². The summed E-state index contributed by atoms with van der Waals surface area (Å²) in [5.41, 5.74) is 0.409. The van der Waals surface area contributed by atoms with Crippen LogP contribution in [0.2, 0.25) is 5.02 Å². The minimum Gasteiger partial charge on any atom is -0.370 e. The van der Waals surface area contributed by atoms with Gasteiger partial charge in [-0.1, -0.05) is 11.6 Å². The number of benzene rings is 1. The molecule has 8 nitrogen and oxygen atoms in total. The molecule has 146 valence electrons. The number of morpholine rings is 1. The second-order valence-corrected chi connectivity index (χ2v) is 8.90. The fourth-order valence-electron chi connectivity index (χ4n) is 2.64. The lowest BCUT2D eigenvalue weighted by Crippen LogP contribution is -3.16. The van der Waals surface area contributed by atoms with E-state index in [4.69, 9.17) is 16.3 Å². The Morgan fingerprint density at radius 3 is 2.69 bits per heavy atom. The van der Waals surface area contributed by atoms with Crippen molar-refractivity contribution in [3.8, 4) is 0 Å². The van der Waals surface area contributed by atoms with E-state index in [1.165, 1.54) is 31.1 Å². The van der Waals surface area contributed by atoms with Gasteiger partial charge < -0.3 is 20.3 Å². The highest BCUT2D eigenvalue weighted by Gasteiger charge is 2.21. The quantitative estimate of drug-likeness (QED) is 0.435. The molecule has 0 unspecified atom stereocenters. The van der Waals surface area contributed by atoms with E-state index in [1.807, 2.05) is 5.32 Å². The number of nitrogens with one attached hydrogen (secondary N) is 2. The number of carbonyl (C=O) groups is 1. The van der Waals surface area contributed by atoms with Crippen LogP contribution >= 0.6 is 11.6 Å². The van der Waals surface area contributed by atoms with Gasteiger partial charge in [-0.2, -0.15) is 0 Å². The molecule has 10 heteroatoms. The van der Waals surface area contributed by atoms with Gasteiger partial charge in [-0.25, -0.2) is 12.7 Å². The standard InChI is InChI=1S/C16H25ClN4O4S/c1-20(2)26(23,24)15-11-13(3-4-14(15)17)19-16(22)12-18-5-6-21-7-9-25-10-8-21/h3-4,11,18H,5-10,12H2,1-2H3,(H,19,22)/p+2. The zero-order valence-corrected chi connectivity index (χ0v) is 16.7. The monoisotopic (exact) mass is 406 g/mol. The van der Waals surface area contributed by atoms with E-state index < -0.39 is 10.0 Å². The fraction of sp³-hybridized carbons (Fsp3) is 0.562. The summed E-state index contributed by atoms with van der Waals surface area (Å²) < 4.78 is 30.9. The van der Waals surface area contributed by atoms with E-state index in [0.29, 0.717) is 5.69 Å². The number of halogens is 1. The van der Waals surface area contributed by atoms with Gasteiger partial charge in [0.05, 0.1) is 18.2 Å². The summed E-state index contributed by atoms with van der Waals surface area (Å²) in [5, 5.41) is 4.79. The number of anilines is 1. The van der Waals surface area contributed by atoms with Gasteiger partial charge in [0.1, 0.15) is 31.1 Å². The molecular weight excluding hydrogens is 380 g/mol. The highest BCUT2D eigenvalue weighted by Crippen LogP contribution is 2.26. The molecule has 0 aliphatic carbocycles. The smallest absolute Gasteiger partial charge is 0.279 e. The Labute approximate surface area is 159 Å². The lowest BCUT2D eigenvalue weighted by atomic mass is 10.3. The van der Waals surface area contributed by atoms with Crippen LogP contribution in [0.25, 0.3) is 0 Å². The molecule has 0 bridgehead atoms. The molecule has 0 spiro atoms. The molecule has 2 rings (SSSR count). The molecule has 1 saturated heterocycles. The van der Waals surface area contributed by atoms with Crippen LogP contribution in [-0.2, 0) is 19.6 Å². The Morgan fingerprint density at radius 1 is 1.35 bits per heavy atom. The lowest BCUT2D eigenvalue weighted by molar-refractivity contribution is -0.919. The topological polar surface area (TPSA) is 96.8 Å². The van der Waals surface area contributed by atoms with Crippen molar-refractivity contribution in [1.29, 1.82) is 0 Å². The average molecular weight is 407 g/mol. The molecule has 1 amide bonds. The number of nitrogens with two attached hydrogens (primary N) is 1. The van der Waals surface area contributed by atoms with Crippen LogP contribution in [0.1, 0.15) is 0 Å². The third-order valence-electron chi connectivity index (χ3n) is 4.21. The number of sulfonamides is 1. The van der Waals surface area contributed by atoms with Gasteiger partial charge in [0.15, 0.2) is 6.54 Å². The van der Waals surface area contributed by atoms with Crippen molar-refractivity contribution in [2.45, 2.75) is 4.90 Å². The summed E-state index contributed by atoms with van der Waals surface area (Å²) in [7, 11) is -0.804. The number of amides is 1. The van der Waals surface area contributed by atoms with Gasteiger partial charge in [0.2, 0.25) is 10.0 Å². The molecule has 26 heavy (non-hydrogen) atoms. The van der Waals surface area contributed by atoms with Crippen molar-refractivity contribution in [1.82, 2.24) is 4.31 Å². The first-order valence-corrected chi connectivity index (χ1v) is 10.4. The molecule has 0 aromatic heterocycles. The minimum atomic E-state index is -3.67. The summed E-state index contributed by atoms with van der Waals surface area (Å²) in [6.07, 6.45) is 0. The van der Waals surface area contributed by atoms with Gasteiger partial charge in [0.25, 0.3) is 5.91 Å². The predicted octanol–water partition coefficient (Wildman–Crippen LogP) is -1.99. The number of rotatable bonds is 8. The second-order valence-electron chi connectivity index (χ2n) is 6.37. The number of nitrogens with zero attached hydrogens (tertiary/aromatic N) is 1. The third-order valence-corrected chi connectivity index (χ3v) is 6.50. The maximum atomic E-state index is 12.3. The van der Waals surface area contributed by atoms with Crippen molar-refractivity contribution in [3.63, 3.8) is 0 Å². The van der Waals surface area contributed by atoms with Crippen molar-refractivity contribution in [2.75, 3.05) is 65.3 Å². The minimum absolute atomic E-state index is 0.0261. The SMILES string of the molecule is CN(C)S(=O)(=O)c1cc(NC(=O)C[NH2+]CC[NH+]2CCOCC2)ccc1Cl. The summed E-state index contributed by atoms with van der Waals surface area (Å²) in [6.45, 7) is 5.73. The average Bonchev–Trinajstić information content (AvgIpc) is 2.61. The van der Waals surface area contributed by atoms with Crippen molar-refractivity contribution >= 4 is 33.2 Å². The first-order chi connectivity index (χ1) is 12.3. The van der Waals surface area contributed by atoms with E-state index in [1.54, 1.807) is 6.07 Å². The molecule has 1 fully saturated rings. The molecule has 1 heterocycles. The van der Waals surface area contributed by atoms with E-state index in [0.717, 1.165) is 43.7 Å². The van der Waals surface area contributed by atoms with Crippen molar-refractivity contribution in [3.05, 3.63) is 23.2 Å². The number of quaternary nitrogens is 2. The molecule has 1 aromatic carbocycles. The summed E-state index contributed by atoms with van der Waals surface area (Å²) in [4.78, 5) is 13.5. The number of hydrogen-bond acceptors (Lipinski definition) is 4. The van der Waals surface area contributed by atoms with Crippen LogP contribution < -0.4 is 15.5 Å². The highest BCUT2D eigenvalue weighted by atomic mass is 35.5. The van der Waals surface area contributed by atoms with E-state index >= 15 is 0 Å². The molecule has 0 saturated carbocycles. The Balaban J connectivity index is 1.85. The maximum Gasteiger partial charge on any atom is 0.279 e. The predicted molar refractivity (Wildman–Crippen MR) is 99.0 cm³/mol. The normalized spacial score (nSPS) is 16.0. The zero-order valence-electron chi connectivity index (χ0n) is 15.1. The molecule has 4 N–H and O–H groups in total. The molecular formula is C16H27ClN4O4S+2. The molecule has 1 aliphatic rings. The Kier molecular flexibility index (Phi) is 7.81. The third kappa shape index (κ3) is 5.90. The second kappa shape index (κ2) is 9.63. The Morgan fingerprint density at radius 2 is 2.04 bits per heavy atom. The van der Waals surface area contributed by atoms with Crippen LogP contribution in [0.5, 0.6) is 0 Å². The van der Waals surface area contributed by atoms with E-state index in [2.05, 4.69) is 5.32 Å². The first-order valence-electron chi connectivity index (χ1n) is 8.55. The van der Waals surface area contributed by atoms with Gasteiger partial charge in [0, 0.05) is 19.8 Å². The van der Waals surface area contributed by atoms with Crippen LogP contribution in [0, 0.1) is 0 Å². The molecule has 0 atom stereocenters. The van der Waals surface area contributed by atoms with Crippen molar-refractivity contribution in [2.24, 2.45) is 0 Å². The fourth-order valence-corrected chi connectivity index (χ4v) is 4.03. The lowest BCUT2D eigenvalue weighted by Gasteiger charge is -2.22. The Hall–Kier alpha value is -1.23. The number of ether oxygens (including phenoxy) is 1. The summed E-state index contributed by atoms with van der Waals surface area (Å²) >= 11 is 6.00. The van der Waals surface area contributed by atoms with E-state index in [-0.39, 0.29) is 22.4 Å². The Bertz CT molecular complexity index is 721. The molecule has 1 aromatic rings. The first kappa shape index (κ1) is 21.1. The van der Waals surface area contributed by atoms with Gasteiger partial charge >= 0.3 is 0 Å². The highest BCUT2D eigenvalue weighted by molar-refractivity contribution is 7.89. The van der Waals surface area contributed by atoms with Crippen LogP contribution in [0.3, 0.4) is 0 Å². The zero-order chi connectivity index (χ0) is 19.2. The van der Waals surface area contributed by atoms with Crippen molar-refractivity contribution < 1.29 is 28.2 Å². The number of hydrogen-bond donors (Lipinski definition) is 3.